The number of carbonyl (C=O) groups is 2. The van der Waals surface area contributed by atoms with Crippen molar-refractivity contribution in [2.75, 3.05) is 24.2 Å². The molecule has 8 nitrogen and oxygen atoms in total. The molecule has 0 radical (unpaired) electrons. The molecule has 0 aliphatic heterocycles. The van der Waals surface area contributed by atoms with Gasteiger partial charge < -0.3 is 15.0 Å². The number of amides is 2. The van der Waals surface area contributed by atoms with E-state index in [-0.39, 0.29) is 24.9 Å². The summed E-state index contributed by atoms with van der Waals surface area (Å²) < 4.78 is 32.4. The molecule has 0 bridgehead atoms. The van der Waals surface area contributed by atoms with Gasteiger partial charge in [0, 0.05) is 24.0 Å². The third-order valence-corrected chi connectivity index (χ3v) is 8.24. The first kappa shape index (κ1) is 32.0. The molecule has 3 rings (SSSR count). The van der Waals surface area contributed by atoms with E-state index >= 15 is 0 Å². The van der Waals surface area contributed by atoms with Gasteiger partial charge in [0.05, 0.1) is 19.1 Å². The lowest BCUT2D eigenvalue weighted by atomic mass is 10.0. The largest absolute Gasteiger partial charge is 0.497 e. The number of hydrogen-bond donors (Lipinski definition) is 1. The van der Waals surface area contributed by atoms with Crippen LogP contribution in [0.4, 0.5) is 5.69 Å². The van der Waals surface area contributed by atoms with Crippen LogP contribution in [-0.2, 0) is 32.6 Å². The molecule has 3 aromatic carbocycles. The Morgan fingerprint density at radius 2 is 1.68 bits per heavy atom. The van der Waals surface area contributed by atoms with Crippen LogP contribution in [0.3, 0.4) is 0 Å². The van der Waals surface area contributed by atoms with E-state index in [9.17, 15) is 18.0 Å². The van der Waals surface area contributed by atoms with Crippen molar-refractivity contribution in [1.29, 1.82) is 0 Å². The number of aryl methyl sites for hydroxylation is 1. The average Bonchev–Trinajstić information content (AvgIpc) is 2.94. The molecule has 2 amide bonds. The van der Waals surface area contributed by atoms with Crippen molar-refractivity contribution in [3.63, 3.8) is 0 Å². The van der Waals surface area contributed by atoms with E-state index in [0.29, 0.717) is 28.4 Å². The number of rotatable bonds is 13. The molecule has 0 aliphatic rings. The van der Waals surface area contributed by atoms with Crippen LogP contribution in [-0.4, -0.2) is 57.1 Å². The van der Waals surface area contributed by atoms with Gasteiger partial charge in [-0.05, 0) is 61.2 Å². The third-order valence-electron chi connectivity index (χ3n) is 6.88. The normalized spacial score (nSPS) is 12.7. The zero-order valence-corrected chi connectivity index (χ0v) is 25.7. The number of carbonyl (C=O) groups excluding carboxylic acids is 2. The van der Waals surface area contributed by atoms with Gasteiger partial charge in [0.1, 0.15) is 18.3 Å². The minimum Gasteiger partial charge on any atom is -0.497 e. The van der Waals surface area contributed by atoms with E-state index in [1.807, 2.05) is 50.2 Å². The number of sulfonamides is 1. The minimum atomic E-state index is -3.89. The number of methoxy groups -OCH3 is 1. The molecule has 2 atom stereocenters. The Hall–Kier alpha value is -3.56. The Kier molecular flexibility index (Phi) is 11.2. The summed E-state index contributed by atoms with van der Waals surface area (Å²) in [6, 6.07) is 20.5. The van der Waals surface area contributed by atoms with Gasteiger partial charge in [-0.1, -0.05) is 67.1 Å². The number of anilines is 1. The molecule has 0 saturated heterocycles. The Morgan fingerprint density at radius 3 is 2.32 bits per heavy atom. The Balaban J connectivity index is 2.10. The second kappa shape index (κ2) is 14.4. The molecular weight excluding hydrogens is 562 g/mol. The molecule has 1 N–H and O–H groups in total. The molecule has 0 aliphatic carbocycles. The maximum Gasteiger partial charge on any atom is 0.244 e. The number of benzene rings is 3. The average molecular weight is 600 g/mol. The maximum absolute atomic E-state index is 14.2. The summed E-state index contributed by atoms with van der Waals surface area (Å²) >= 11 is 6.21. The van der Waals surface area contributed by atoms with Crippen molar-refractivity contribution in [1.82, 2.24) is 10.2 Å². The van der Waals surface area contributed by atoms with E-state index in [4.69, 9.17) is 16.3 Å². The zero-order valence-electron chi connectivity index (χ0n) is 24.1. The van der Waals surface area contributed by atoms with Crippen molar-refractivity contribution in [3.8, 4) is 5.75 Å². The summed E-state index contributed by atoms with van der Waals surface area (Å²) in [4.78, 5) is 29.4. The Bertz CT molecular complexity index is 1450. The fourth-order valence-corrected chi connectivity index (χ4v) is 5.47. The minimum absolute atomic E-state index is 0.0631. The summed E-state index contributed by atoms with van der Waals surface area (Å²) in [6.45, 7) is 5.17. The molecule has 0 unspecified atom stereocenters. The van der Waals surface area contributed by atoms with E-state index in [2.05, 4.69) is 5.32 Å². The van der Waals surface area contributed by atoms with Gasteiger partial charge in [-0.2, -0.15) is 0 Å². The van der Waals surface area contributed by atoms with Gasteiger partial charge in [0.15, 0.2) is 0 Å². The number of halogens is 1. The van der Waals surface area contributed by atoms with Crippen molar-refractivity contribution < 1.29 is 22.7 Å². The van der Waals surface area contributed by atoms with Crippen LogP contribution in [0.5, 0.6) is 5.75 Å². The fraction of sp³-hybridized carbons (Fsp3) is 0.355. The molecular formula is C31H38ClN3O5S. The van der Waals surface area contributed by atoms with Crippen molar-refractivity contribution >= 4 is 39.1 Å². The van der Waals surface area contributed by atoms with Gasteiger partial charge in [0.2, 0.25) is 21.8 Å². The van der Waals surface area contributed by atoms with E-state index < -0.39 is 28.5 Å². The van der Waals surface area contributed by atoms with E-state index in [1.165, 1.54) is 11.0 Å². The van der Waals surface area contributed by atoms with Crippen LogP contribution in [0, 0.1) is 6.92 Å². The number of nitrogens with one attached hydrogen (secondary N) is 1. The third kappa shape index (κ3) is 8.96. The van der Waals surface area contributed by atoms with Crippen molar-refractivity contribution in [3.05, 3.63) is 94.5 Å². The SMILES string of the molecule is CC[C@H](C)NC(=O)[C@@H](Cc1ccccc1)N(Cc1cccc(OC)c1)C(=O)CN(c1cc(Cl)ccc1C)S(C)(=O)=O. The second-order valence-corrected chi connectivity index (χ2v) is 12.4. The quantitative estimate of drug-likeness (QED) is 0.299. The predicted octanol–water partition coefficient (Wildman–Crippen LogP) is 4.98. The fourth-order valence-electron chi connectivity index (χ4n) is 4.41. The van der Waals surface area contributed by atoms with Gasteiger partial charge in [0.25, 0.3) is 0 Å². The van der Waals surface area contributed by atoms with Gasteiger partial charge >= 0.3 is 0 Å². The van der Waals surface area contributed by atoms with Crippen molar-refractivity contribution in [2.24, 2.45) is 0 Å². The summed E-state index contributed by atoms with van der Waals surface area (Å²) in [5, 5.41) is 3.36. The first-order chi connectivity index (χ1) is 19.4. The molecule has 0 aromatic heterocycles. The standard InChI is InChI=1S/C31H38ClN3O5S/c1-6-23(3)33-31(37)29(18-24-11-8-7-9-12-24)34(20-25-13-10-14-27(17-25)40-4)30(36)21-35(41(5,38)39)28-19-26(32)16-15-22(28)2/h7-17,19,23,29H,6,18,20-21H2,1-5H3,(H,33,37)/t23-,29+/m0/s1. The van der Waals surface area contributed by atoms with E-state index in [0.717, 1.165) is 21.7 Å². The molecule has 0 saturated carbocycles. The van der Waals surface area contributed by atoms with Gasteiger partial charge in [-0.15, -0.1) is 0 Å². The zero-order chi connectivity index (χ0) is 30.2. The smallest absolute Gasteiger partial charge is 0.244 e. The first-order valence-corrected chi connectivity index (χ1v) is 15.7. The summed E-state index contributed by atoms with van der Waals surface area (Å²) in [6.07, 6.45) is 2.00. The molecule has 0 fully saturated rings. The highest BCUT2D eigenvalue weighted by Crippen LogP contribution is 2.27. The lowest BCUT2D eigenvalue weighted by Gasteiger charge is -2.34. The highest BCUT2D eigenvalue weighted by atomic mass is 35.5. The monoisotopic (exact) mass is 599 g/mol. The number of nitrogens with zero attached hydrogens (tertiary/aromatic N) is 2. The van der Waals surface area contributed by atoms with Gasteiger partial charge in [-0.3, -0.25) is 13.9 Å². The van der Waals surface area contributed by atoms with E-state index in [1.54, 1.807) is 44.4 Å². The van der Waals surface area contributed by atoms with Crippen LogP contribution in [0.1, 0.15) is 37.0 Å². The van der Waals surface area contributed by atoms with Crippen LogP contribution < -0.4 is 14.4 Å². The Labute approximate surface area is 248 Å². The number of hydrogen-bond acceptors (Lipinski definition) is 5. The van der Waals surface area contributed by atoms with Crippen LogP contribution in [0.2, 0.25) is 5.02 Å². The van der Waals surface area contributed by atoms with Crippen molar-refractivity contribution in [2.45, 2.75) is 52.2 Å². The summed E-state index contributed by atoms with van der Waals surface area (Å²) in [5.74, 6) is -0.243. The second-order valence-electron chi connectivity index (χ2n) is 10.1. The number of ether oxygens (including phenoxy) is 1. The molecule has 41 heavy (non-hydrogen) atoms. The summed E-state index contributed by atoms with van der Waals surface area (Å²) in [5.41, 5.74) is 2.54. The highest BCUT2D eigenvalue weighted by molar-refractivity contribution is 7.92. The summed E-state index contributed by atoms with van der Waals surface area (Å²) in [7, 11) is -2.34. The van der Waals surface area contributed by atoms with Crippen LogP contribution in [0.15, 0.2) is 72.8 Å². The maximum atomic E-state index is 14.2. The molecule has 220 valence electrons. The predicted molar refractivity (Wildman–Crippen MR) is 164 cm³/mol. The molecule has 10 heteroatoms. The molecule has 3 aromatic rings. The first-order valence-electron chi connectivity index (χ1n) is 13.4. The van der Waals surface area contributed by atoms with Crippen LogP contribution in [0.25, 0.3) is 0 Å². The molecule has 0 spiro atoms. The molecule has 0 heterocycles. The highest BCUT2D eigenvalue weighted by Gasteiger charge is 2.33. The topological polar surface area (TPSA) is 96.0 Å². The Morgan fingerprint density at radius 1 is 1.00 bits per heavy atom. The van der Waals surface area contributed by atoms with Crippen LogP contribution >= 0.6 is 11.6 Å². The lowest BCUT2D eigenvalue weighted by molar-refractivity contribution is -0.140. The van der Waals surface area contributed by atoms with Gasteiger partial charge in [-0.25, -0.2) is 8.42 Å². The lowest BCUT2D eigenvalue weighted by Crippen LogP contribution is -2.54.